The van der Waals surface area contributed by atoms with Crippen molar-refractivity contribution in [1.82, 2.24) is 0 Å². The van der Waals surface area contributed by atoms with Crippen LogP contribution in [0.1, 0.15) is 15.9 Å². The van der Waals surface area contributed by atoms with E-state index in [1.807, 2.05) is 6.92 Å². The summed E-state index contributed by atoms with van der Waals surface area (Å²) >= 11 is 5.91. The quantitative estimate of drug-likeness (QED) is 0.736. The minimum absolute atomic E-state index is 0.227. The summed E-state index contributed by atoms with van der Waals surface area (Å²) in [5.74, 6) is 0.227. The fourth-order valence-corrected chi connectivity index (χ4v) is 1.86. The Balaban J connectivity index is 2.88. The number of methoxy groups -OCH3 is 1. The fraction of sp³-hybridized carbons (Fsp3) is 0.182. The minimum Gasteiger partial charge on any atom is -0.468 e. The molecule has 0 aliphatic heterocycles. The predicted molar refractivity (Wildman–Crippen MR) is 57.9 cm³/mol. The highest BCUT2D eigenvalue weighted by atomic mass is 35.5. The lowest BCUT2D eigenvalue weighted by molar-refractivity contribution is 0.111. The second kappa shape index (κ2) is 3.59. The van der Waals surface area contributed by atoms with Crippen LogP contribution in [0, 0.1) is 6.92 Å². The molecule has 15 heavy (non-hydrogen) atoms. The standard InChI is InChI=1S/C11H9ClO3/c1-6-3-7(12)4-8-9(5-13)11(14-2)15-10(6)8/h3-5H,1-2H3. The first-order chi connectivity index (χ1) is 7.17. The van der Waals surface area contributed by atoms with Crippen molar-refractivity contribution >= 4 is 28.9 Å². The lowest BCUT2D eigenvalue weighted by Gasteiger charge is -1.95. The van der Waals surface area contributed by atoms with Gasteiger partial charge in [-0.25, -0.2) is 0 Å². The summed E-state index contributed by atoms with van der Waals surface area (Å²) < 4.78 is 10.4. The third kappa shape index (κ3) is 1.49. The maximum absolute atomic E-state index is 10.9. The van der Waals surface area contributed by atoms with Crippen LogP contribution in [0.25, 0.3) is 11.0 Å². The number of fused-ring (bicyclic) bond motifs is 1. The van der Waals surface area contributed by atoms with Crippen LogP contribution < -0.4 is 4.74 Å². The van der Waals surface area contributed by atoms with Gasteiger partial charge in [-0.1, -0.05) is 11.6 Å². The Hall–Kier alpha value is -1.48. The van der Waals surface area contributed by atoms with Crippen molar-refractivity contribution < 1.29 is 13.9 Å². The second-order valence-corrected chi connectivity index (χ2v) is 3.66. The number of aryl methyl sites for hydroxylation is 1. The summed E-state index contributed by atoms with van der Waals surface area (Å²) in [7, 11) is 1.46. The average Bonchev–Trinajstić information content (AvgIpc) is 2.55. The molecule has 2 rings (SSSR count). The molecule has 0 bridgehead atoms. The van der Waals surface area contributed by atoms with Gasteiger partial charge in [0.2, 0.25) is 0 Å². The number of benzene rings is 1. The molecule has 0 fully saturated rings. The monoisotopic (exact) mass is 224 g/mol. The van der Waals surface area contributed by atoms with Crippen LogP contribution in [0.2, 0.25) is 5.02 Å². The molecule has 0 spiro atoms. The molecule has 0 saturated carbocycles. The summed E-state index contributed by atoms with van der Waals surface area (Å²) in [5, 5.41) is 1.26. The topological polar surface area (TPSA) is 39.4 Å². The smallest absolute Gasteiger partial charge is 0.296 e. The Morgan fingerprint density at radius 3 is 2.80 bits per heavy atom. The molecule has 0 radical (unpaired) electrons. The van der Waals surface area contributed by atoms with E-state index in [4.69, 9.17) is 20.8 Å². The van der Waals surface area contributed by atoms with Crippen molar-refractivity contribution in [2.75, 3.05) is 7.11 Å². The van der Waals surface area contributed by atoms with Crippen LogP contribution in [0.5, 0.6) is 5.95 Å². The molecular weight excluding hydrogens is 216 g/mol. The Labute approximate surface area is 91.6 Å². The maximum Gasteiger partial charge on any atom is 0.296 e. The summed E-state index contributed by atoms with van der Waals surface area (Å²) in [4.78, 5) is 10.9. The zero-order valence-corrected chi connectivity index (χ0v) is 9.09. The normalized spacial score (nSPS) is 10.6. The molecule has 1 aromatic carbocycles. The van der Waals surface area contributed by atoms with E-state index in [1.165, 1.54) is 7.11 Å². The molecule has 2 aromatic rings. The third-order valence-electron chi connectivity index (χ3n) is 2.25. The van der Waals surface area contributed by atoms with E-state index < -0.39 is 0 Å². The number of furan rings is 1. The molecular formula is C11H9ClO3. The van der Waals surface area contributed by atoms with Crippen molar-refractivity contribution in [1.29, 1.82) is 0 Å². The van der Waals surface area contributed by atoms with E-state index >= 15 is 0 Å². The molecule has 0 aliphatic carbocycles. The van der Waals surface area contributed by atoms with E-state index in [1.54, 1.807) is 12.1 Å². The van der Waals surface area contributed by atoms with E-state index in [0.717, 1.165) is 5.56 Å². The summed E-state index contributed by atoms with van der Waals surface area (Å²) in [6.07, 6.45) is 0.709. The first-order valence-electron chi connectivity index (χ1n) is 4.39. The van der Waals surface area contributed by atoms with Crippen LogP contribution in [0.15, 0.2) is 16.5 Å². The number of carbonyl (C=O) groups excluding carboxylic acids is 1. The van der Waals surface area contributed by atoms with Crippen molar-refractivity contribution in [3.05, 3.63) is 28.3 Å². The minimum atomic E-state index is 0.227. The number of ether oxygens (including phenoxy) is 1. The van der Waals surface area contributed by atoms with Crippen molar-refractivity contribution in [3.8, 4) is 5.95 Å². The zero-order valence-electron chi connectivity index (χ0n) is 8.33. The van der Waals surface area contributed by atoms with Gasteiger partial charge >= 0.3 is 0 Å². The molecule has 1 aromatic heterocycles. The molecule has 0 amide bonds. The summed E-state index contributed by atoms with van der Waals surface area (Å²) in [5.41, 5.74) is 1.92. The summed E-state index contributed by atoms with van der Waals surface area (Å²) in [6, 6.07) is 3.47. The number of hydrogen-bond acceptors (Lipinski definition) is 3. The lowest BCUT2D eigenvalue weighted by atomic mass is 10.1. The van der Waals surface area contributed by atoms with Crippen LogP contribution in [0.4, 0.5) is 0 Å². The maximum atomic E-state index is 10.9. The number of hydrogen-bond donors (Lipinski definition) is 0. The third-order valence-corrected chi connectivity index (χ3v) is 2.47. The van der Waals surface area contributed by atoms with Gasteiger partial charge in [0, 0.05) is 10.4 Å². The van der Waals surface area contributed by atoms with Crippen LogP contribution in [0.3, 0.4) is 0 Å². The van der Waals surface area contributed by atoms with Gasteiger partial charge in [-0.2, -0.15) is 0 Å². The van der Waals surface area contributed by atoms with Gasteiger partial charge in [0.25, 0.3) is 5.95 Å². The Kier molecular flexibility index (Phi) is 2.40. The molecule has 4 heteroatoms. The van der Waals surface area contributed by atoms with E-state index in [0.29, 0.717) is 27.8 Å². The van der Waals surface area contributed by atoms with E-state index in [9.17, 15) is 4.79 Å². The molecule has 3 nitrogen and oxygen atoms in total. The highest BCUT2D eigenvalue weighted by molar-refractivity contribution is 6.31. The van der Waals surface area contributed by atoms with Gasteiger partial charge in [-0.05, 0) is 24.6 Å². The first kappa shape index (κ1) is 10.1. The van der Waals surface area contributed by atoms with Crippen molar-refractivity contribution in [3.63, 3.8) is 0 Å². The van der Waals surface area contributed by atoms with Gasteiger partial charge in [0.15, 0.2) is 6.29 Å². The number of halogens is 1. The molecule has 0 N–H and O–H groups in total. The van der Waals surface area contributed by atoms with Gasteiger partial charge < -0.3 is 9.15 Å². The number of carbonyl (C=O) groups is 1. The first-order valence-corrected chi connectivity index (χ1v) is 4.77. The van der Waals surface area contributed by atoms with E-state index in [2.05, 4.69) is 0 Å². The molecule has 1 heterocycles. The molecule has 0 saturated heterocycles. The fourth-order valence-electron chi connectivity index (χ4n) is 1.59. The highest BCUT2D eigenvalue weighted by Gasteiger charge is 2.16. The van der Waals surface area contributed by atoms with Crippen LogP contribution >= 0.6 is 11.6 Å². The Morgan fingerprint density at radius 1 is 1.47 bits per heavy atom. The molecule has 0 unspecified atom stereocenters. The molecule has 0 atom stereocenters. The predicted octanol–water partition coefficient (Wildman–Crippen LogP) is 3.22. The number of rotatable bonds is 2. The van der Waals surface area contributed by atoms with Gasteiger partial charge in [0.1, 0.15) is 11.1 Å². The van der Waals surface area contributed by atoms with E-state index in [-0.39, 0.29) is 5.95 Å². The number of aldehydes is 1. The largest absolute Gasteiger partial charge is 0.468 e. The second-order valence-electron chi connectivity index (χ2n) is 3.22. The highest BCUT2D eigenvalue weighted by Crippen LogP contribution is 2.34. The van der Waals surface area contributed by atoms with Crippen molar-refractivity contribution in [2.24, 2.45) is 0 Å². The zero-order chi connectivity index (χ0) is 11.0. The summed E-state index contributed by atoms with van der Waals surface area (Å²) in [6.45, 7) is 1.87. The van der Waals surface area contributed by atoms with Crippen LogP contribution in [-0.2, 0) is 0 Å². The Bertz CT molecular complexity index is 528. The average molecular weight is 225 g/mol. The molecule has 0 aliphatic rings. The molecule has 78 valence electrons. The van der Waals surface area contributed by atoms with Gasteiger partial charge in [0.05, 0.1) is 7.11 Å². The van der Waals surface area contributed by atoms with Gasteiger partial charge in [-0.15, -0.1) is 0 Å². The Morgan fingerprint density at radius 2 is 2.20 bits per heavy atom. The SMILES string of the molecule is COc1oc2c(C)cc(Cl)cc2c1C=O. The lowest BCUT2D eigenvalue weighted by Crippen LogP contribution is -1.84. The van der Waals surface area contributed by atoms with Crippen LogP contribution in [-0.4, -0.2) is 13.4 Å². The van der Waals surface area contributed by atoms with Crippen molar-refractivity contribution in [2.45, 2.75) is 6.92 Å². The van der Waals surface area contributed by atoms with Gasteiger partial charge in [-0.3, -0.25) is 4.79 Å².